The molecule has 2 aliphatic heterocycles. The van der Waals surface area contributed by atoms with E-state index in [2.05, 4.69) is 10.3 Å². The minimum Gasteiger partial charge on any atom is -0.339 e. The van der Waals surface area contributed by atoms with Gasteiger partial charge in [-0.3, -0.25) is 9.78 Å². The molecule has 0 saturated carbocycles. The molecule has 142 valence electrons. The van der Waals surface area contributed by atoms with E-state index in [1.165, 1.54) is 0 Å². The van der Waals surface area contributed by atoms with Crippen LogP contribution in [0.1, 0.15) is 23.2 Å². The van der Waals surface area contributed by atoms with Crippen molar-refractivity contribution >= 4 is 16.8 Å². The van der Waals surface area contributed by atoms with Crippen LogP contribution in [0.2, 0.25) is 0 Å². The SMILES string of the molecule is O=C(c1cc(-c2ccccn2)nc2ccccc12)N1CC[C@@H]2CNC[C@@H]2CC1. The van der Waals surface area contributed by atoms with Crippen molar-refractivity contribution < 1.29 is 4.79 Å². The van der Waals surface area contributed by atoms with E-state index in [1.807, 2.05) is 53.4 Å². The van der Waals surface area contributed by atoms with Crippen molar-refractivity contribution in [1.29, 1.82) is 0 Å². The molecule has 3 aromatic rings. The summed E-state index contributed by atoms with van der Waals surface area (Å²) in [5.41, 5.74) is 3.11. The number of hydrogen-bond acceptors (Lipinski definition) is 4. The molecule has 1 aromatic carbocycles. The number of para-hydroxylation sites is 1. The van der Waals surface area contributed by atoms with E-state index >= 15 is 0 Å². The summed E-state index contributed by atoms with van der Waals surface area (Å²) >= 11 is 0. The van der Waals surface area contributed by atoms with Gasteiger partial charge in [-0.2, -0.15) is 0 Å². The molecule has 0 spiro atoms. The molecule has 0 radical (unpaired) electrons. The van der Waals surface area contributed by atoms with E-state index in [4.69, 9.17) is 4.98 Å². The van der Waals surface area contributed by atoms with Gasteiger partial charge in [0.1, 0.15) is 0 Å². The number of pyridine rings is 2. The standard InChI is InChI=1S/C23H24N4O/c28-23(27-11-8-16-14-24-15-17(16)9-12-27)19-13-22(21-7-3-4-10-25-21)26-20-6-2-1-5-18(19)20/h1-7,10,13,16-17,24H,8-9,11-12,14-15H2/t16-,17+. The number of benzene rings is 1. The fourth-order valence-electron chi connectivity index (χ4n) is 4.59. The molecule has 5 nitrogen and oxygen atoms in total. The van der Waals surface area contributed by atoms with Crippen molar-refractivity contribution in [2.45, 2.75) is 12.8 Å². The molecule has 1 amide bonds. The van der Waals surface area contributed by atoms with Crippen LogP contribution in [-0.4, -0.2) is 47.0 Å². The molecule has 2 aliphatic rings. The fraction of sp³-hybridized carbons (Fsp3) is 0.348. The fourth-order valence-corrected chi connectivity index (χ4v) is 4.59. The van der Waals surface area contributed by atoms with Crippen LogP contribution in [0.3, 0.4) is 0 Å². The summed E-state index contributed by atoms with van der Waals surface area (Å²) in [4.78, 5) is 24.8. The summed E-state index contributed by atoms with van der Waals surface area (Å²) in [6.45, 7) is 3.85. The van der Waals surface area contributed by atoms with Crippen LogP contribution in [0.15, 0.2) is 54.7 Å². The van der Waals surface area contributed by atoms with E-state index in [0.717, 1.165) is 66.9 Å². The molecule has 28 heavy (non-hydrogen) atoms. The lowest BCUT2D eigenvalue weighted by molar-refractivity contribution is 0.0760. The van der Waals surface area contributed by atoms with E-state index in [0.29, 0.717) is 11.8 Å². The molecule has 0 unspecified atom stereocenters. The van der Waals surface area contributed by atoms with Gasteiger partial charge in [-0.25, -0.2) is 4.98 Å². The molecule has 0 aliphatic carbocycles. The highest BCUT2D eigenvalue weighted by Gasteiger charge is 2.32. The summed E-state index contributed by atoms with van der Waals surface area (Å²) in [7, 11) is 0. The second-order valence-corrected chi connectivity index (χ2v) is 7.84. The molecule has 2 aromatic heterocycles. The second kappa shape index (κ2) is 7.32. The molecule has 4 heterocycles. The Hall–Kier alpha value is -2.79. The predicted octanol–water partition coefficient (Wildman–Crippen LogP) is 3.37. The zero-order valence-corrected chi connectivity index (χ0v) is 15.8. The lowest BCUT2D eigenvalue weighted by Crippen LogP contribution is -2.33. The average Bonchev–Trinajstić information content (AvgIpc) is 3.11. The van der Waals surface area contributed by atoms with Gasteiger partial charge in [0.25, 0.3) is 5.91 Å². The van der Waals surface area contributed by atoms with Crippen molar-refractivity contribution in [3.05, 3.63) is 60.3 Å². The Morgan fingerprint density at radius 2 is 1.71 bits per heavy atom. The first-order chi connectivity index (χ1) is 13.8. The van der Waals surface area contributed by atoms with Gasteiger partial charge in [0, 0.05) is 24.7 Å². The van der Waals surface area contributed by atoms with E-state index < -0.39 is 0 Å². The number of carbonyl (C=O) groups excluding carboxylic acids is 1. The summed E-state index contributed by atoms with van der Waals surface area (Å²) in [5.74, 6) is 1.52. The summed E-state index contributed by atoms with van der Waals surface area (Å²) in [5, 5.41) is 4.41. The topological polar surface area (TPSA) is 58.1 Å². The number of likely N-dealkylation sites (tertiary alicyclic amines) is 1. The number of carbonyl (C=O) groups is 1. The van der Waals surface area contributed by atoms with E-state index in [-0.39, 0.29) is 5.91 Å². The Morgan fingerprint density at radius 3 is 2.46 bits per heavy atom. The number of nitrogens with one attached hydrogen (secondary N) is 1. The molecular weight excluding hydrogens is 348 g/mol. The first-order valence-corrected chi connectivity index (χ1v) is 10.1. The monoisotopic (exact) mass is 372 g/mol. The third-order valence-electron chi connectivity index (χ3n) is 6.18. The number of fused-ring (bicyclic) bond motifs is 2. The summed E-state index contributed by atoms with van der Waals surface area (Å²) < 4.78 is 0. The maximum atomic E-state index is 13.5. The van der Waals surface area contributed by atoms with Crippen LogP contribution in [0.25, 0.3) is 22.3 Å². The number of hydrogen-bond donors (Lipinski definition) is 1. The highest BCUT2D eigenvalue weighted by Crippen LogP contribution is 2.29. The Labute approximate surface area is 164 Å². The van der Waals surface area contributed by atoms with E-state index in [1.54, 1.807) is 6.20 Å². The smallest absolute Gasteiger partial charge is 0.254 e. The minimum atomic E-state index is 0.115. The Morgan fingerprint density at radius 1 is 0.964 bits per heavy atom. The van der Waals surface area contributed by atoms with Gasteiger partial charge < -0.3 is 10.2 Å². The molecule has 0 bridgehead atoms. The number of aromatic nitrogens is 2. The van der Waals surface area contributed by atoms with Crippen LogP contribution in [-0.2, 0) is 0 Å². The normalized spacial score (nSPS) is 22.1. The summed E-state index contributed by atoms with van der Waals surface area (Å²) in [6, 6.07) is 15.6. The van der Waals surface area contributed by atoms with Crippen LogP contribution in [0.5, 0.6) is 0 Å². The minimum absolute atomic E-state index is 0.115. The van der Waals surface area contributed by atoms with Gasteiger partial charge in [-0.1, -0.05) is 24.3 Å². The first kappa shape index (κ1) is 17.3. The van der Waals surface area contributed by atoms with Gasteiger partial charge in [0.05, 0.1) is 22.5 Å². The van der Waals surface area contributed by atoms with Gasteiger partial charge in [-0.05, 0) is 62.0 Å². The molecule has 2 fully saturated rings. The third kappa shape index (κ3) is 3.16. The van der Waals surface area contributed by atoms with Gasteiger partial charge in [0.2, 0.25) is 0 Å². The molecular formula is C23H24N4O. The van der Waals surface area contributed by atoms with Gasteiger partial charge >= 0.3 is 0 Å². The lowest BCUT2D eigenvalue weighted by Gasteiger charge is -2.22. The second-order valence-electron chi connectivity index (χ2n) is 7.84. The van der Waals surface area contributed by atoms with Crippen molar-refractivity contribution in [3.63, 3.8) is 0 Å². The Kier molecular flexibility index (Phi) is 4.53. The van der Waals surface area contributed by atoms with Crippen molar-refractivity contribution in [2.24, 2.45) is 11.8 Å². The Balaban J connectivity index is 1.53. The number of nitrogens with zero attached hydrogens (tertiary/aromatic N) is 3. The predicted molar refractivity (Wildman–Crippen MR) is 110 cm³/mol. The average molecular weight is 372 g/mol. The molecule has 1 N–H and O–H groups in total. The molecule has 2 atom stereocenters. The van der Waals surface area contributed by atoms with Gasteiger partial charge in [-0.15, -0.1) is 0 Å². The highest BCUT2D eigenvalue weighted by molar-refractivity contribution is 6.07. The largest absolute Gasteiger partial charge is 0.339 e. The molecule has 5 rings (SSSR count). The van der Waals surface area contributed by atoms with Crippen LogP contribution in [0, 0.1) is 11.8 Å². The molecule has 2 saturated heterocycles. The maximum absolute atomic E-state index is 13.5. The first-order valence-electron chi connectivity index (χ1n) is 10.1. The Bertz CT molecular complexity index is 990. The van der Waals surface area contributed by atoms with Crippen molar-refractivity contribution in [3.8, 4) is 11.4 Å². The van der Waals surface area contributed by atoms with Crippen LogP contribution >= 0.6 is 0 Å². The van der Waals surface area contributed by atoms with Crippen LogP contribution < -0.4 is 5.32 Å². The van der Waals surface area contributed by atoms with Crippen LogP contribution in [0.4, 0.5) is 0 Å². The van der Waals surface area contributed by atoms with Crippen molar-refractivity contribution in [1.82, 2.24) is 20.2 Å². The zero-order chi connectivity index (χ0) is 18.9. The highest BCUT2D eigenvalue weighted by atomic mass is 16.2. The zero-order valence-electron chi connectivity index (χ0n) is 15.8. The van der Waals surface area contributed by atoms with Gasteiger partial charge in [0.15, 0.2) is 0 Å². The maximum Gasteiger partial charge on any atom is 0.254 e. The number of amides is 1. The third-order valence-corrected chi connectivity index (χ3v) is 6.18. The molecule has 5 heteroatoms. The quantitative estimate of drug-likeness (QED) is 0.749. The number of rotatable bonds is 2. The lowest BCUT2D eigenvalue weighted by atomic mass is 9.92. The van der Waals surface area contributed by atoms with Crippen molar-refractivity contribution in [2.75, 3.05) is 26.2 Å². The summed E-state index contributed by atoms with van der Waals surface area (Å²) in [6.07, 6.45) is 3.92. The van der Waals surface area contributed by atoms with E-state index in [9.17, 15) is 4.79 Å².